The van der Waals surface area contributed by atoms with Crippen LogP contribution in [0, 0.1) is 0 Å². The number of pyridine rings is 1. The number of aromatic amines is 1. The Labute approximate surface area is 201 Å². The minimum Gasteiger partial charge on any atom is -0.379 e. The fourth-order valence-corrected chi connectivity index (χ4v) is 6.19. The van der Waals surface area contributed by atoms with Crippen LogP contribution >= 0.6 is 11.3 Å². The molecule has 0 amide bonds. The highest BCUT2D eigenvalue weighted by Crippen LogP contribution is 2.46. The summed E-state index contributed by atoms with van der Waals surface area (Å²) in [6.45, 7) is 4.47. The Bertz CT molecular complexity index is 1510. The van der Waals surface area contributed by atoms with Gasteiger partial charge < -0.3 is 4.74 Å². The summed E-state index contributed by atoms with van der Waals surface area (Å²) in [5, 5.41) is 13.5. The van der Waals surface area contributed by atoms with Crippen molar-refractivity contribution in [3.05, 3.63) is 64.9 Å². The van der Waals surface area contributed by atoms with Crippen LogP contribution in [0.15, 0.2) is 48.8 Å². The largest absolute Gasteiger partial charge is 0.379 e. The number of aryl methyl sites for hydroxylation is 1. The number of H-pyrrole nitrogens is 1. The molecule has 34 heavy (non-hydrogen) atoms. The molecule has 5 heterocycles. The average molecular weight is 469 g/mol. The van der Waals surface area contributed by atoms with Crippen molar-refractivity contribution in [3.8, 4) is 33.0 Å². The summed E-state index contributed by atoms with van der Waals surface area (Å²) < 4.78 is 7.35. The second-order valence-corrected chi connectivity index (χ2v) is 10.2. The molecular formula is C26H24N6OS. The fourth-order valence-electron chi connectivity index (χ4n) is 5.02. The minimum atomic E-state index is 0.814. The van der Waals surface area contributed by atoms with Crippen LogP contribution in [-0.2, 0) is 24.8 Å². The van der Waals surface area contributed by atoms with Crippen molar-refractivity contribution in [2.45, 2.75) is 13.0 Å². The Morgan fingerprint density at radius 3 is 2.79 bits per heavy atom. The van der Waals surface area contributed by atoms with Gasteiger partial charge in [-0.1, -0.05) is 18.2 Å². The molecule has 1 aliphatic carbocycles. The lowest BCUT2D eigenvalue weighted by Crippen LogP contribution is -2.35. The van der Waals surface area contributed by atoms with Gasteiger partial charge >= 0.3 is 0 Å². The van der Waals surface area contributed by atoms with Crippen molar-refractivity contribution in [2.24, 2.45) is 7.05 Å². The number of morpholine rings is 1. The van der Waals surface area contributed by atoms with Crippen LogP contribution in [0.4, 0.5) is 0 Å². The van der Waals surface area contributed by atoms with E-state index >= 15 is 0 Å². The van der Waals surface area contributed by atoms with Crippen LogP contribution in [0.1, 0.15) is 16.1 Å². The molecule has 7 nitrogen and oxygen atoms in total. The highest BCUT2D eigenvalue weighted by molar-refractivity contribution is 7.16. The van der Waals surface area contributed by atoms with E-state index in [-0.39, 0.29) is 0 Å². The summed E-state index contributed by atoms with van der Waals surface area (Å²) >= 11 is 1.86. The lowest BCUT2D eigenvalue weighted by Gasteiger charge is -2.26. The van der Waals surface area contributed by atoms with Crippen LogP contribution in [0.25, 0.3) is 43.9 Å². The van der Waals surface area contributed by atoms with E-state index in [0.717, 1.165) is 72.8 Å². The van der Waals surface area contributed by atoms with E-state index in [1.807, 2.05) is 35.5 Å². The number of fused-ring (bicyclic) bond motifs is 4. The van der Waals surface area contributed by atoms with Crippen molar-refractivity contribution < 1.29 is 4.74 Å². The van der Waals surface area contributed by atoms with E-state index in [2.05, 4.69) is 51.5 Å². The maximum absolute atomic E-state index is 5.44. The van der Waals surface area contributed by atoms with Crippen LogP contribution in [0.2, 0.25) is 0 Å². The third kappa shape index (κ3) is 3.29. The number of aromatic nitrogens is 5. The molecule has 7 rings (SSSR count). The first-order valence-electron chi connectivity index (χ1n) is 11.6. The molecule has 0 spiro atoms. The Balaban J connectivity index is 1.15. The normalized spacial score (nSPS) is 15.7. The van der Waals surface area contributed by atoms with E-state index in [9.17, 15) is 0 Å². The van der Waals surface area contributed by atoms with Gasteiger partial charge in [-0.25, -0.2) is 0 Å². The van der Waals surface area contributed by atoms with Gasteiger partial charge in [0.15, 0.2) is 0 Å². The molecule has 4 aromatic heterocycles. The molecule has 1 N–H and O–H groups in total. The maximum Gasteiger partial charge on any atom is 0.0963 e. The first-order chi connectivity index (χ1) is 16.7. The van der Waals surface area contributed by atoms with E-state index in [4.69, 9.17) is 14.8 Å². The van der Waals surface area contributed by atoms with Crippen LogP contribution in [-0.4, -0.2) is 56.2 Å². The van der Waals surface area contributed by atoms with E-state index in [1.54, 1.807) is 0 Å². The van der Waals surface area contributed by atoms with Gasteiger partial charge in [-0.2, -0.15) is 10.2 Å². The zero-order chi connectivity index (χ0) is 22.6. The predicted octanol–water partition coefficient (Wildman–Crippen LogP) is 4.49. The number of hydrogen-bond acceptors (Lipinski definition) is 6. The molecule has 170 valence electrons. The second kappa shape index (κ2) is 7.87. The molecular weight excluding hydrogens is 444 g/mol. The first kappa shape index (κ1) is 20.1. The van der Waals surface area contributed by atoms with E-state index in [1.165, 1.54) is 26.4 Å². The lowest BCUT2D eigenvalue weighted by molar-refractivity contribution is 0.0336. The zero-order valence-electron chi connectivity index (χ0n) is 18.9. The summed E-state index contributed by atoms with van der Waals surface area (Å²) in [5.74, 6) is 0. The van der Waals surface area contributed by atoms with E-state index < -0.39 is 0 Å². The molecule has 1 fully saturated rings. The average Bonchev–Trinajstić information content (AvgIpc) is 3.62. The molecule has 1 aliphatic heterocycles. The minimum absolute atomic E-state index is 0.814. The van der Waals surface area contributed by atoms with Crippen molar-refractivity contribution >= 4 is 22.2 Å². The van der Waals surface area contributed by atoms with Crippen molar-refractivity contribution in [3.63, 3.8) is 0 Å². The van der Waals surface area contributed by atoms with Crippen LogP contribution in [0.5, 0.6) is 0 Å². The Morgan fingerprint density at radius 1 is 1.06 bits per heavy atom. The Hall–Kier alpha value is -3.33. The third-order valence-corrected chi connectivity index (χ3v) is 8.09. The molecule has 5 aromatic rings. The van der Waals surface area contributed by atoms with Gasteiger partial charge in [0.05, 0.1) is 42.0 Å². The van der Waals surface area contributed by atoms with E-state index in [0.29, 0.717) is 0 Å². The van der Waals surface area contributed by atoms with Crippen LogP contribution in [0.3, 0.4) is 0 Å². The summed E-state index contributed by atoms with van der Waals surface area (Å²) in [4.78, 5) is 9.79. The highest BCUT2D eigenvalue weighted by atomic mass is 32.1. The van der Waals surface area contributed by atoms with Gasteiger partial charge in [0, 0.05) is 76.7 Å². The van der Waals surface area contributed by atoms with Crippen molar-refractivity contribution in [1.82, 2.24) is 29.9 Å². The fraction of sp³-hybridized carbons (Fsp3) is 0.269. The Kier molecular flexibility index (Phi) is 4.65. The summed E-state index contributed by atoms with van der Waals surface area (Å²) in [5.41, 5.74) is 9.28. The summed E-state index contributed by atoms with van der Waals surface area (Å²) in [6, 6.07) is 13.1. The molecule has 2 aliphatic rings. The number of rotatable bonds is 4. The number of nitrogens with zero attached hydrogens (tertiary/aromatic N) is 5. The quantitative estimate of drug-likeness (QED) is 0.413. The second-order valence-electron chi connectivity index (χ2n) is 9.02. The SMILES string of the molecule is Cn1ncc2ccc(-c3n[nH]c4c3Cc3sc(-c5ccc(CN6CCOCC6)nc5)cc3-4)cc21. The number of ether oxygens (including phenoxy) is 1. The maximum atomic E-state index is 5.44. The molecule has 0 atom stereocenters. The van der Waals surface area contributed by atoms with Crippen molar-refractivity contribution in [1.29, 1.82) is 0 Å². The van der Waals surface area contributed by atoms with Gasteiger partial charge in [-0.15, -0.1) is 11.3 Å². The predicted molar refractivity (Wildman–Crippen MR) is 134 cm³/mol. The van der Waals surface area contributed by atoms with Gasteiger partial charge in [-0.3, -0.25) is 19.7 Å². The van der Waals surface area contributed by atoms with Gasteiger partial charge in [-0.05, 0) is 18.2 Å². The smallest absolute Gasteiger partial charge is 0.0963 e. The summed E-state index contributed by atoms with van der Waals surface area (Å²) in [6.07, 6.45) is 4.82. The lowest BCUT2D eigenvalue weighted by atomic mass is 10.0. The molecule has 0 radical (unpaired) electrons. The molecule has 1 saturated heterocycles. The monoisotopic (exact) mass is 468 g/mol. The van der Waals surface area contributed by atoms with Gasteiger partial charge in [0.1, 0.15) is 0 Å². The zero-order valence-corrected chi connectivity index (χ0v) is 19.7. The summed E-state index contributed by atoms with van der Waals surface area (Å²) in [7, 11) is 1.98. The van der Waals surface area contributed by atoms with Gasteiger partial charge in [0.25, 0.3) is 0 Å². The first-order valence-corrected chi connectivity index (χ1v) is 12.4. The Morgan fingerprint density at radius 2 is 1.94 bits per heavy atom. The third-order valence-electron chi connectivity index (χ3n) is 6.90. The number of benzene rings is 1. The number of nitrogens with one attached hydrogen (secondary N) is 1. The van der Waals surface area contributed by atoms with Crippen LogP contribution < -0.4 is 0 Å². The highest BCUT2D eigenvalue weighted by Gasteiger charge is 2.28. The molecule has 0 bridgehead atoms. The molecule has 0 unspecified atom stereocenters. The molecule has 0 saturated carbocycles. The number of hydrogen-bond donors (Lipinski definition) is 1. The molecule has 1 aromatic carbocycles. The standard InChI is InChI=1S/C26H24N6OS/c1-31-22-10-16(2-3-17(22)14-28-31)25-21-12-24-20(26(21)30-29-25)11-23(34-24)18-4-5-19(27-13-18)15-32-6-8-33-9-7-32/h2-5,10-11,13-14H,6-9,12,15H2,1H3,(H,29,30). The number of thiophene rings is 1. The topological polar surface area (TPSA) is 71.9 Å². The van der Waals surface area contributed by atoms with Gasteiger partial charge in [0.2, 0.25) is 0 Å². The van der Waals surface area contributed by atoms with Crippen molar-refractivity contribution in [2.75, 3.05) is 26.3 Å². The molecule has 8 heteroatoms.